The molecule has 1 spiro atoms. The Morgan fingerprint density at radius 1 is 1.29 bits per heavy atom. The lowest BCUT2D eigenvalue weighted by atomic mass is 9.99. The second kappa shape index (κ2) is 3.74. The quantitative estimate of drug-likeness (QED) is 0.810. The van der Waals surface area contributed by atoms with Gasteiger partial charge in [-0.15, -0.1) is 0 Å². The smallest absolute Gasteiger partial charge is 0.253 e. The maximum absolute atomic E-state index is 12.0. The van der Waals surface area contributed by atoms with Crippen molar-refractivity contribution >= 4 is 11.6 Å². The van der Waals surface area contributed by atoms with Crippen molar-refractivity contribution in [3.05, 3.63) is 24.3 Å². The summed E-state index contributed by atoms with van der Waals surface area (Å²) in [5.41, 5.74) is 0.335. The van der Waals surface area contributed by atoms with Gasteiger partial charge in [-0.1, -0.05) is 18.9 Å². The Kier molecular flexibility index (Phi) is 2.33. The zero-order valence-corrected chi connectivity index (χ0v) is 9.56. The first-order valence-electron chi connectivity index (χ1n) is 6.00. The molecular weight excluding hydrogens is 218 g/mol. The lowest BCUT2D eigenvalue weighted by Crippen LogP contribution is -2.27. The SMILES string of the molecule is O=C1CC2(CCCC2)ON1c1cccc(O)c1. The minimum Gasteiger partial charge on any atom is -0.508 e. The maximum atomic E-state index is 12.0. The molecule has 2 aliphatic rings. The normalized spacial score (nSPS) is 22.6. The Morgan fingerprint density at radius 3 is 2.76 bits per heavy atom. The predicted molar refractivity (Wildman–Crippen MR) is 62.5 cm³/mol. The van der Waals surface area contributed by atoms with E-state index < -0.39 is 0 Å². The van der Waals surface area contributed by atoms with E-state index in [1.54, 1.807) is 24.3 Å². The monoisotopic (exact) mass is 233 g/mol. The van der Waals surface area contributed by atoms with Crippen molar-refractivity contribution in [3.8, 4) is 5.75 Å². The number of hydrogen-bond donors (Lipinski definition) is 1. The molecule has 1 saturated heterocycles. The van der Waals surface area contributed by atoms with E-state index in [4.69, 9.17) is 4.84 Å². The van der Waals surface area contributed by atoms with Crippen LogP contribution in [0.25, 0.3) is 0 Å². The molecule has 4 nitrogen and oxygen atoms in total. The molecule has 1 aliphatic heterocycles. The number of benzene rings is 1. The second-order valence-corrected chi connectivity index (χ2v) is 4.87. The van der Waals surface area contributed by atoms with Crippen LogP contribution in [0.4, 0.5) is 5.69 Å². The van der Waals surface area contributed by atoms with Crippen LogP contribution in [-0.2, 0) is 9.63 Å². The molecule has 3 rings (SSSR count). The van der Waals surface area contributed by atoms with Crippen LogP contribution in [0.1, 0.15) is 32.1 Å². The first-order valence-corrected chi connectivity index (χ1v) is 6.00. The molecule has 2 fully saturated rings. The number of phenols is 1. The molecule has 0 unspecified atom stereocenters. The van der Waals surface area contributed by atoms with Gasteiger partial charge in [-0.3, -0.25) is 9.63 Å². The van der Waals surface area contributed by atoms with Crippen molar-refractivity contribution in [1.29, 1.82) is 0 Å². The van der Waals surface area contributed by atoms with E-state index in [9.17, 15) is 9.90 Å². The molecule has 1 heterocycles. The Balaban J connectivity index is 1.87. The summed E-state index contributed by atoms with van der Waals surface area (Å²) in [6, 6.07) is 6.60. The first kappa shape index (κ1) is 10.6. The highest BCUT2D eigenvalue weighted by Crippen LogP contribution is 2.43. The number of carbonyl (C=O) groups excluding carboxylic acids is 1. The molecule has 0 bridgehead atoms. The van der Waals surface area contributed by atoms with Crippen molar-refractivity contribution < 1.29 is 14.7 Å². The number of nitrogens with zero attached hydrogens (tertiary/aromatic N) is 1. The Morgan fingerprint density at radius 2 is 2.06 bits per heavy atom. The number of rotatable bonds is 1. The van der Waals surface area contributed by atoms with Crippen molar-refractivity contribution in [2.24, 2.45) is 0 Å². The van der Waals surface area contributed by atoms with E-state index in [1.165, 1.54) is 5.06 Å². The van der Waals surface area contributed by atoms with E-state index in [2.05, 4.69) is 0 Å². The summed E-state index contributed by atoms with van der Waals surface area (Å²) >= 11 is 0. The van der Waals surface area contributed by atoms with Gasteiger partial charge in [0.1, 0.15) is 11.4 Å². The average molecular weight is 233 g/mol. The standard InChI is InChI=1S/C13H15NO3/c15-11-5-3-4-10(8-11)14-12(16)9-13(17-14)6-1-2-7-13/h3-5,8,15H,1-2,6-7,9H2. The van der Waals surface area contributed by atoms with Gasteiger partial charge in [0, 0.05) is 6.07 Å². The summed E-state index contributed by atoms with van der Waals surface area (Å²) in [5, 5.41) is 10.8. The van der Waals surface area contributed by atoms with Gasteiger partial charge < -0.3 is 5.11 Å². The van der Waals surface area contributed by atoms with Gasteiger partial charge in [-0.2, -0.15) is 5.06 Å². The van der Waals surface area contributed by atoms with Gasteiger partial charge in [0.2, 0.25) is 0 Å². The van der Waals surface area contributed by atoms with Crippen LogP contribution < -0.4 is 5.06 Å². The Bertz CT molecular complexity index is 452. The first-order chi connectivity index (χ1) is 8.19. The third-order valence-electron chi connectivity index (χ3n) is 3.56. The Hall–Kier alpha value is -1.55. The number of hydrogen-bond acceptors (Lipinski definition) is 3. The van der Waals surface area contributed by atoms with Gasteiger partial charge in [0.25, 0.3) is 5.91 Å². The minimum atomic E-state index is -0.275. The van der Waals surface area contributed by atoms with Gasteiger partial charge in [-0.05, 0) is 25.0 Å². The fourth-order valence-electron chi connectivity index (χ4n) is 2.73. The summed E-state index contributed by atoms with van der Waals surface area (Å²) in [4.78, 5) is 17.8. The summed E-state index contributed by atoms with van der Waals surface area (Å²) < 4.78 is 0. The highest BCUT2D eigenvalue weighted by molar-refractivity contribution is 5.94. The fraction of sp³-hybridized carbons (Fsp3) is 0.462. The van der Waals surface area contributed by atoms with Crippen molar-refractivity contribution in [1.82, 2.24) is 0 Å². The largest absolute Gasteiger partial charge is 0.508 e. The van der Waals surface area contributed by atoms with E-state index >= 15 is 0 Å². The third-order valence-corrected chi connectivity index (χ3v) is 3.56. The summed E-state index contributed by atoms with van der Waals surface area (Å²) in [5.74, 6) is 0.128. The molecule has 0 radical (unpaired) electrons. The van der Waals surface area contributed by atoms with Gasteiger partial charge in [0.15, 0.2) is 0 Å². The van der Waals surface area contributed by atoms with Crippen molar-refractivity contribution in [3.63, 3.8) is 0 Å². The van der Waals surface area contributed by atoms with E-state index in [-0.39, 0.29) is 17.3 Å². The number of amides is 1. The number of carbonyl (C=O) groups is 1. The summed E-state index contributed by atoms with van der Waals surface area (Å²) in [7, 11) is 0. The highest BCUT2D eigenvalue weighted by Gasteiger charge is 2.47. The summed E-state index contributed by atoms with van der Waals surface area (Å²) in [6.45, 7) is 0. The molecule has 0 aromatic heterocycles. The van der Waals surface area contributed by atoms with Crippen LogP contribution >= 0.6 is 0 Å². The number of hydroxylamine groups is 1. The van der Waals surface area contributed by atoms with Crippen LogP contribution in [0.3, 0.4) is 0 Å². The number of anilines is 1. The van der Waals surface area contributed by atoms with Gasteiger partial charge in [0.05, 0.1) is 12.1 Å². The fourth-order valence-corrected chi connectivity index (χ4v) is 2.73. The molecule has 1 N–H and O–H groups in total. The topological polar surface area (TPSA) is 49.8 Å². The molecule has 0 atom stereocenters. The molecule has 4 heteroatoms. The van der Waals surface area contributed by atoms with Gasteiger partial charge >= 0.3 is 0 Å². The Labute approximate surface area is 99.8 Å². The summed E-state index contributed by atoms with van der Waals surface area (Å²) in [6.07, 6.45) is 4.62. The molecule has 1 aromatic carbocycles. The number of phenolic OH excluding ortho intramolecular Hbond substituents is 1. The molecule has 17 heavy (non-hydrogen) atoms. The molecule has 1 aliphatic carbocycles. The van der Waals surface area contributed by atoms with Crippen molar-refractivity contribution in [2.75, 3.05) is 5.06 Å². The van der Waals surface area contributed by atoms with Crippen LogP contribution in [-0.4, -0.2) is 16.6 Å². The minimum absolute atomic E-state index is 0.0162. The van der Waals surface area contributed by atoms with Crippen LogP contribution in [0.15, 0.2) is 24.3 Å². The van der Waals surface area contributed by atoms with E-state index in [0.29, 0.717) is 12.1 Å². The number of aromatic hydroxyl groups is 1. The lowest BCUT2D eigenvalue weighted by molar-refractivity contribution is -0.119. The predicted octanol–water partition coefficient (Wildman–Crippen LogP) is 2.37. The second-order valence-electron chi connectivity index (χ2n) is 4.87. The zero-order valence-electron chi connectivity index (χ0n) is 9.56. The lowest BCUT2D eigenvalue weighted by Gasteiger charge is -2.22. The molecular formula is C13H15NO3. The van der Waals surface area contributed by atoms with Crippen LogP contribution in [0, 0.1) is 0 Å². The molecule has 1 saturated carbocycles. The zero-order chi connectivity index (χ0) is 11.9. The third kappa shape index (κ3) is 1.78. The van der Waals surface area contributed by atoms with E-state index in [1.807, 2.05) is 0 Å². The van der Waals surface area contributed by atoms with Crippen LogP contribution in [0.2, 0.25) is 0 Å². The average Bonchev–Trinajstić information content (AvgIpc) is 2.87. The molecule has 1 aromatic rings. The molecule has 1 amide bonds. The highest BCUT2D eigenvalue weighted by atomic mass is 16.7. The maximum Gasteiger partial charge on any atom is 0.253 e. The van der Waals surface area contributed by atoms with Crippen LogP contribution in [0.5, 0.6) is 5.75 Å². The van der Waals surface area contributed by atoms with Crippen molar-refractivity contribution in [2.45, 2.75) is 37.7 Å². The molecule has 90 valence electrons. The van der Waals surface area contributed by atoms with E-state index in [0.717, 1.165) is 25.7 Å². The van der Waals surface area contributed by atoms with Gasteiger partial charge in [-0.25, -0.2) is 0 Å².